The van der Waals surface area contributed by atoms with E-state index in [-0.39, 0.29) is 0 Å². The molecule has 3 nitrogen and oxygen atoms in total. The highest BCUT2D eigenvalue weighted by Crippen LogP contribution is 2.46. The molecule has 0 aliphatic heterocycles. The molecule has 18 heavy (non-hydrogen) atoms. The van der Waals surface area contributed by atoms with E-state index < -0.39 is 0 Å². The van der Waals surface area contributed by atoms with Gasteiger partial charge in [0.25, 0.3) is 0 Å². The van der Waals surface area contributed by atoms with E-state index >= 15 is 0 Å². The molecule has 0 spiro atoms. The summed E-state index contributed by atoms with van der Waals surface area (Å²) in [4.78, 5) is 0. The van der Waals surface area contributed by atoms with Crippen LogP contribution >= 0.6 is 0 Å². The molecule has 0 unspecified atom stereocenters. The summed E-state index contributed by atoms with van der Waals surface area (Å²) in [6.45, 7) is 7.61. The van der Waals surface area contributed by atoms with E-state index in [0.717, 1.165) is 18.7 Å². The van der Waals surface area contributed by atoms with Gasteiger partial charge in [0.1, 0.15) is 0 Å². The fourth-order valence-corrected chi connectivity index (χ4v) is 3.12. The second kappa shape index (κ2) is 4.69. The van der Waals surface area contributed by atoms with Crippen LogP contribution in [0.5, 0.6) is 0 Å². The van der Waals surface area contributed by atoms with Crippen molar-refractivity contribution in [3.05, 3.63) is 17.5 Å². The lowest BCUT2D eigenvalue weighted by Crippen LogP contribution is -2.39. The van der Waals surface area contributed by atoms with Gasteiger partial charge >= 0.3 is 0 Å². The molecule has 2 N–H and O–H groups in total. The van der Waals surface area contributed by atoms with Crippen LogP contribution in [0.2, 0.25) is 0 Å². The van der Waals surface area contributed by atoms with Crippen LogP contribution in [0, 0.1) is 17.8 Å². The van der Waals surface area contributed by atoms with Crippen LogP contribution in [0.15, 0.2) is 6.07 Å². The number of rotatable bonds is 3. The molecule has 0 aromatic carbocycles. The number of aryl methyl sites for hydroxylation is 2. The number of nitrogens with zero attached hydrogens (tertiary/aromatic N) is 2. The first-order valence-electron chi connectivity index (χ1n) is 7.05. The maximum atomic E-state index is 6.10. The zero-order valence-corrected chi connectivity index (χ0v) is 12.3. The molecule has 3 heteroatoms. The summed E-state index contributed by atoms with van der Waals surface area (Å²) in [5, 5.41) is 4.45. The van der Waals surface area contributed by atoms with Gasteiger partial charge in [-0.05, 0) is 62.5 Å². The monoisotopic (exact) mass is 249 g/mol. The Balaban J connectivity index is 2.12. The zero-order chi connectivity index (χ0) is 13.4. The second-order valence-corrected chi connectivity index (χ2v) is 6.95. The van der Waals surface area contributed by atoms with Crippen LogP contribution in [-0.4, -0.2) is 16.3 Å². The highest BCUT2D eigenvalue weighted by atomic mass is 15.3. The van der Waals surface area contributed by atoms with Crippen LogP contribution in [0.3, 0.4) is 0 Å². The van der Waals surface area contributed by atoms with E-state index in [1.54, 1.807) is 0 Å². The molecule has 2 rings (SSSR count). The minimum atomic E-state index is 0.301. The Kier molecular flexibility index (Phi) is 3.54. The third-order valence-electron chi connectivity index (χ3n) is 4.75. The fourth-order valence-electron chi connectivity index (χ4n) is 3.12. The topological polar surface area (TPSA) is 43.8 Å². The molecule has 1 aromatic rings. The average molecular weight is 249 g/mol. The summed E-state index contributed by atoms with van der Waals surface area (Å²) < 4.78 is 2.02. The highest BCUT2D eigenvalue weighted by molar-refractivity contribution is 5.12. The molecule has 1 aromatic heterocycles. The van der Waals surface area contributed by atoms with Crippen molar-refractivity contribution in [1.82, 2.24) is 9.78 Å². The van der Waals surface area contributed by atoms with Crippen molar-refractivity contribution < 1.29 is 0 Å². The van der Waals surface area contributed by atoms with Crippen LogP contribution in [0.25, 0.3) is 0 Å². The van der Waals surface area contributed by atoms with Gasteiger partial charge in [0.05, 0.1) is 5.69 Å². The summed E-state index contributed by atoms with van der Waals surface area (Å²) in [5.74, 6) is 0. The van der Waals surface area contributed by atoms with Crippen molar-refractivity contribution in [3.8, 4) is 0 Å². The molecular formula is C15H27N3. The highest BCUT2D eigenvalue weighted by Gasteiger charge is 2.37. The first kappa shape index (κ1) is 13.6. The molecule has 1 heterocycles. The quantitative estimate of drug-likeness (QED) is 0.895. The van der Waals surface area contributed by atoms with Gasteiger partial charge in [-0.15, -0.1) is 0 Å². The van der Waals surface area contributed by atoms with E-state index in [0.29, 0.717) is 10.8 Å². The van der Waals surface area contributed by atoms with Gasteiger partial charge < -0.3 is 5.73 Å². The summed E-state index contributed by atoms with van der Waals surface area (Å²) in [6, 6.07) is 2.21. The molecule has 0 radical (unpaired) electrons. The van der Waals surface area contributed by atoms with Crippen molar-refractivity contribution in [2.45, 2.75) is 52.9 Å². The van der Waals surface area contributed by atoms with Gasteiger partial charge in [0.15, 0.2) is 0 Å². The Morgan fingerprint density at radius 1 is 1.28 bits per heavy atom. The van der Waals surface area contributed by atoms with Gasteiger partial charge in [0.2, 0.25) is 0 Å². The van der Waals surface area contributed by atoms with Gasteiger partial charge in [0, 0.05) is 12.7 Å². The van der Waals surface area contributed by atoms with E-state index in [1.165, 1.54) is 31.4 Å². The molecule has 0 saturated heterocycles. The summed E-state index contributed by atoms with van der Waals surface area (Å²) in [7, 11) is 2.04. The van der Waals surface area contributed by atoms with Crippen molar-refractivity contribution >= 4 is 0 Å². The van der Waals surface area contributed by atoms with Gasteiger partial charge in [-0.3, -0.25) is 4.68 Å². The number of hydrogen-bond donors (Lipinski definition) is 1. The van der Waals surface area contributed by atoms with Crippen LogP contribution in [0.1, 0.15) is 50.9 Å². The maximum Gasteiger partial charge on any atom is 0.0596 e. The van der Waals surface area contributed by atoms with Crippen LogP contribution in [0.4, 0.5) is 0 Å². The molecular weight excluding hydrogens is 222 g/mol. The van der Waals surface area contributed by atoms with Crippen LogP contribution in [-0.2, 0) is 13.5 Å². The molecule has 0 atom stereocenters. The van der Waals surface area contributed by atoms with Crippen LogP contribution < -0.4 is 5.73 Å². The van der Waals surface area contributed by atoms with Gasteiger partial charge in [-0.1, -0.05) is 13.8 Å². The third kappa shape index (κ3) is 2.77. The lowest BCUT2D eigenvalue weighted by molar-refractivity contribution is 0.106. The van der Waals surface area contributed by atoms with Crippen molar-refractivity contribution in [1.29, 1.82) is 0 Å². The molecule has 0 bridgehead atoms. The Labute approximate surface area is 111 Å². The average Bonchev–Trinajstić information content (AvgIpc) is 2.61. The molecule has 0 amide bonds. The maximum absolute atomic E-state index is 6.10. The predicted molar refractivity (Wildman–Crippen MR) is 75.4 cm³/mol. The van der Waals surface area contributed by atoms with Crippen molar-refractivity contribution in [2.75, 3.05) is 6.54 Å². The Bertz CT molecular complexity index is 407. The van der Waals surface area contributed by atoms with E-state index in [9.17, 15) is 0 Å². The minimum absolute atomic E-state index is 0.301. The first-order valence-corrected chi connectivity index (χ1v) is 7.05. The van der Waals surface area contributed by atoms with Crippen molar-refractivity contribution in [2.24, 2.45) is 23.6 Å². The molecule has 1 fully saturated rings. The smallest absolute Gasteiger partial charge is 0.0596 e. The Morgan fingerprint density at radius 2 is 1.89 bits per heavy atom. The summed E-state index contributed by atoms with van der Waals surface area (Å²) in [6.07, 6.45) is 6.17. The van der Waals surface area contributed by atoms with E-state index in [1.807, 2.05) is 11.7 Å². The first-order chi connectivity index (χ1) is 8.36. The number of hydrogen-bond acceptors (Lipinski definition) is 2. The molecule has 102 valence electrons. The Hall–Kier alpha value is -0.830. The number of aromatic nitrogens is 2. The normalized spacial score (nSPS) is 22.1. The second-order valence-electron chi connectivity index (χ2n) is 6.95. The molecule has 1 aliphatic carbocycles. The summed E-state index contributed by atoms with van der Waals surface area (Å²) >= 11 is 0. The standard InChI is InChI=1S/C15H27N3/c1-12-9-13(18(4)17-12)10-15(11-16)7-5-14(2,3)6-8-15/h9H,5-8,10-11,16H2,1-4H3. The van der Waals surface area contributed by atoms with Crippen molar-refractivity contribution in [3.63, 3.8) is 0 Å². The molecule has 1 saturated carbocycles. The van der Waals surface area contributed by atoms with Gasteiger partial charge in [-0.25, -0.2) is 0 Å². The molecule has 1 aliphatic rings. The number of nitrogens with two attached hydrogens (primary N) is 1. The van der Waals surface area contributed by atoms with Gasteiger partial charge in [-0.2, -0.15) is 5.10 Å². The predicted octanol–water partition coefficient (Wildman–Crippen LogP) is 2.82. The van der Waals surface area contributed by atoms with E-state index in [2.05, 4.69) is 31.9 Å². The Morgan fingerprint density at radius 3 is 2.33 bits per heavy atom. The SMILES string of the molecule is Cc1cc(CC2(CN)CCC(C)(C)CC2)n(C)n1. The lowest BCUT2D eigenvalue weighted by Gasteiger charge is -2.43. The zero-order valence-electron chi connectivity index (χ0n) is 12.3. The summed E-state index contributed by atoms with van der Waals surface area (Å²) in [5.41, 5.74) is 9.34. The fraction of sp³-hybridized carbons (Fsp3) is 0.800. The third-order valence-corrected chi connectivity index (χ3v) is 4.75. The lowest BCUT2D eigenvalue weighted by atomic mass is 9.63. The minimum Gasteiger partial charge on any atom is -0.330 e. The largest absolute Gasteiger partial charge is 0.330 e. The van der Waals surface area contributed by atoms with E-state index in [4.69, 9.17) is 5.73 Å².